The second kappa shape index (κ2) is 6.62. The minimum atomic E-state index is -1.32. The van der Waals surface area contributed by atoms with Gasteiger partial charge in [-0.05, 0) is 30.7 Å². The van der Waals surface area contributed by atoms with E-state index in [-0.39, 0.29) is 12.2 Å². The van der Waals surface area contributed by atoms with Crippen molar-refractivity contribution in [2.45, 2.75) is 55.1 Å². The summed E-state index contributed by atoms with van der Waals surface area (Å²) in [5, 5.41) is 19.8. The maximum atomic E-state index is 11.4. The number of hydrogen-bond donors (Lipinski definition) is 2. The van der Waals surface area contributed by atoms with Gasteiger partial charge >= 0.3 is 5.97 Å². The largest absolute Gasteiger partial charge is 0.481 e. The van der Waals surface area contributed by atoms with Crippen molar-refractivity contribution in [3.05, 3.63) is 24.3 Å². The van der Waals surface area contributed by atoms with Gasteiger partial charge in [0, 0.05) is 20.6 Å². The third-order valence-corrected chi connectivity index (χ3v) is 4.99. The summed E-state index contributed by atoms with van der Waals surface area (Å²) in [7, 11) is 2.81. The topological polar surface area (TPSA) is 112 Å². The zero-order chi connectivity index (χ0) is 18.2. The predicted molar refractivity (Wildman–Crippen MR) is 83.8 cm³/mol. The lowest BCUT2D eigenvalue weighted by molar-refractivity contribution is -0.362. The Morgan fingerprint density at radius 3 is 2.52 bits per heavy atom. The Morgan fingerprint density at radius 2 is 1.96 bits per heavy atom. The molecule has 0 saturated carbocycles. The molecule has 2 heterocycles. The van der Waals surface area contributed by atoms with Crippen LogP contribution in [-0.4, -0.2) is 72.0 Å². The van der Waals surface area contributed by atoms with Crippen molar-refractivity contribution >= 4 is 11.8 Å². The van der Waals surface area contributed by atoms with Crippen LogP contribution in [0.3, 0.4) is 0 Å². The second-order valence-electron chi connectivity index (χ2n) is 6.54. The Labute approximate surface area is 145 Å². The number of ketones is 1. The van der Waals surface area contributed by atoms with Gasteiger partial charge in [0.2, 0.25) is 0 Å². The number of aliphatic hydroxyl groups excluding tert-OH is 1. The van der Waals surface area contributed by atoms with E-state index in [2.05, 4.69) is 0 Å². The lowest BCUT2D eigenvalue weighted by atomic mass is 9.88. The van der Waals surface area contributed by atoms with Crippen LogP contribution in [0.2, 0.25) is 0 Å². The van der Waals surface area contributed by atoms with E-state index in [1.54, 1.807) is 12.2 Å². The van der Waals surface area contributed by atoms with E-state index in [4.69, 9.17) is 24.1 Å². The summed E-state index contributed by atoms with van der Waals surface area (Å²) in [6, 6.07) is 0. The fourth-order valence-corrected chi connectivity index (χ4v) is 3.85. The monoisotopic (exact) mass is 354 g/mol. The third kappa shape index (κ3) is 3.16. The highest BCUT2D eigenvalue weighted by Crippen LogP contribution is 2.48. The van der Waals surface area contributed by atoms with E-state index in [9.17, 15) is 14.7 Å². The minimum Gasteiger partial charge on any atom is -0.481 e. The lowest BCUT2D eigenvalue weighted by Crippen LogP contribution is -2.66. The summed E-state index contributed by atoms with van der Waals surface area (Å²) < 4.78 is 22.9. The molecule has 0 bridgehead atoms. The van der Waals surface area contributed by atoms with Crippen LogP contribution in [0.4, 0.5) is 0 Å². The van der Waals surface area contributed by atoms with Crippen molar-refractivity contribution < 1.29 is 38.7 Å². The molecule has 0 aromatic rings. The van der Waals surface area contributed by atoms with Gasteiger partial charge in [0.1, 0.15) is 30.0 Å². The van der Waals surface area contributed by atoms with Gasteiger partial charge in [-0.1, -0.05) is 0 Å². The molecule has 0 aromatic heterocycles. The van der Waals surface area contributed by atoms with Crippen molar-refractivity contribution in [1.29, 1.82) is 0 Å². The number of carboxylic acid groups (broad SMARTS) is 1. The first-order valence-corrected chi connectivity index (χ1v) is 8.10. The summed E-state index contributed by atoms with van der Waals surface area (Å²) in [5.74, 6) is -2.52. The van der Waals surface area contributed by atoms with Crippen LogP contribution in [0.15, 0.2) is 24.3 Å². The second-order valence-corrected chi connectivity index (χ2v) is 6.54. The Morgan fingerprint density at radius 1 is 1.28 bits per heavy atom. The Bertz CT molecular complexity index is 596. The highest BCUT2D eigenvalue weighted by atomic mass is 16.7. The van der Waals surface area contributed by atoms with Gasteiger partial charge < -0.3 is 29.2 Å². The molecule has 0 amide bonds. The average molecular weight is 354 g/mol. The molecule has 2 fully saturated rings. The predicted octanol–water partition coefficient (Wildman–Crippen LogP) is 0.191. The molecule has 3 aliphatic rings. The summed E-state index contributed by atoms with van der Waals surface area (Å²) in [4.78, 5) is 22.6. The number of allylic oxidation sites excluding steroid dienone is 2. The van der Waals surface area contributed by atoms with E-state index in [0.29, 0.717) is 12.8 Å². The van der Waals surface area contributed by atoms with E-state index >= 15 is 0 Å². The van der Waals surface area contributed by atoms with Gasteiger partial charge in [-0.2, -0.15) is 0 Å². The molecule has 3 rings (SSSR count). The van der Waals surface area contributed by atoms with Crippen molar-refractivity contribution in [2.24, 2.45) is 0 Å². The van der Waals surface area contributed by atoms with E-state index < -0.39 is 41.8 Å². The standard InChI is InChI=1S/C17H22O8/c1-22-14-11(9-12(19)20)24-17(15(23-2)13(14)21)8-7-16(25-17)5-3-10(18)4-6-16/h3-6,11,13-15,21H,7-9H2,1-2H3,(H,19,20)/t11-,13+,14?,15?,17-/m1/s1. The molecule has 2 spiro atoms. The van der Waals surface area contributed by atoms with Crippen LogP contribution >= 0.6 is 0 Å². The molecule has 25 heavy (non-hydrogen) atoms. The van der Waals surface area contributed by atoms with Crippen molar-refractivity contribution in [1.82, 2.24) is 0 Å². The Kier molecular flexibility index (Phi) is 4.82. The minimum absolute atomic E-state index is 0.133. The molecule has 138 valence electrons. The van der Waals surface area contributed by atoms with Gasteiger partial charge in [0.05, 0.1) is 6.42 Å². The van der Waals surface area contributed by atoms with Gasteiger partial charge in [0.25, 0.3) is 0 Å². The maximum Gasteiger partial charge on any atom is 0.306 e. The molecule has 8 nitrogen and oxygen atoms in total. The molecule has 2 N–H and O–H groups in total. The molecule has 2 aliphatic heterocycles. The highest BCUT2D eigenvalue weighted by Gasteiger charge is 2.61. The van der Waals surface area contributed by atoms with Crippen LogP contribution in [0.5, 0.6) is 0 Å². The number of carboxylic acids is 1. The number of aliphatic hydroxyl groups is 1. The van der Waals surface area contributed by atoms with Crippen LogP contribution in [-0.2, 0) is 28.5 Å². The van der Waals surface area contributed by atoms with Crippen molar-refractivity contribution in [3.63, 3.8) is 0 Å². The van der Waals surface area contributed by atoms with Crippen molar-refractivity contribution in [2.75, 3.05) is 14.2 Å². The Hall–Kier alpha value is -1.58. The fourth-order valence-electron chi connectivity index (χ4n) is 3.85. The quantitative estimate of drug-likeness (QED) is 0.736. The molecule has 2 saturated heterocycles. The number of ether oxygens (including phenoxy) is 4. The van der Waals surface area contributed by atoms with Crippen LogP contribution in [0.1, 0.15) is 19.3 Å². The molecule has 1 aliphatic carbocycles. The fraction of sp³-hybridized carbons (Fsp3) is 0.647. The zero-order valence-corrected chi connectivity index (χ0v) is 14.1. The number of carbonyl (C=O) groups excluding carboxylic acids is 1. The Balaban J connectivity index is 1.91. The normalized spacial score (nSPS) is 39.4. The molecule has 0 aromatic carbocycles. The zero-order valence-electron chi connectivity index (χ0n) is 14.1. The first-order chi connectivity index (χ1) is 11.8. The third-order valence-electron chi connectivity index (χ3n) is 4.99. The van der Waals surface area contributed by atoms with E-state index in [1.807, 2.05) is 0 Å². The number of rotatable bonds is 4. The van der Waals surface area contributed by atoms with Crippen LogP contribution in [0.25, 0.3) is 0 Å². The highest BCUT2D eigenvalue weighted by molar-refractivity contribution is 6.00. The molecule has 5 atom stereocenters. The van der Waals surface area contributed by atoms with Crippen molar-refractivity contribution in [3.8, 4) is 0 Å². The lowest BCUT2D eigenvalue weighted by Gasteiger charge is -2.49. The maximum absolute atomic E-state index is 11.4. The van der Waals surface area contributed by atoms with Crippen LogP contribution < -0.4 is 0 Å². The van der Waals surface area contributed by atoms with Gasteiger partial charge in [-0.15, -0.1) is 0 Å². The van der Waals surface area contributed by atoms with Crippen LogP contribution in [0, 0.1) is 0 Å². The number of aliphatic carboxylic acids is 1. The molecule has 2 unspecified atom stereocenters. The summed E-state index contributed by atoms with van der Waals surface area (Å²) >= 11 is 0. The molecular formula is C17H22O8. The average Bonchev–Trinajstić information content (AvgIpc) is 2.89. The number of carbonyl (C=O) groups is 2. The van der Waals surface area contributed by atoms with Gasteiger partial charge in [-0.3, -0.25) is 9.59 Å². The summed E-state index contributed by atoms with van der Waals surface area (Å²) in [6.07, 6.45) is 2.97. The first kappa shape index (κ1) is 18.2. The number of hydrogen-bond acceptors (Lipinski definition) is 7. The van der Waals surface area contributed by atoms with Gasteiger partial charge in [-0.25, -0.2) is 0 Å². The molecule has 0 radical (unpaired) electrons. The smallest absolute Gasteiger partial charge is 0.306 e. The van der Waals surface area contributed by atoms with E-state index in [0.717, 1.165) is 0 Å². The number of methoxy groups -OCH3 is 2. The van der Waals surface area contributed by atoms with Gasteiger partial charge in [0.15, 0.2) is 11.6 Å². The molecule has 8 heteroatoms. The summed E-state index contributed by atoms with van der Waals surface area (Å²) in [5.41, 5.74) is -0.835. The van der Waals surface area contributed by atoms with E-state index in [1.165, 1.54) is 26.4 Å². The molecular weight excluding hydrogens is 332 g/mol. The SMILES string of the molecule is COC1[C@H](O)C(OC)[C@]2(CCC3(C=CC(=O)C=C3)O2)O[C@@H]1CC(=O)O. The first-order valence-electron chi connectivity index (χ1n) is 8.10. The summed E-state index contributed by atoms with van der Waals surface area (Å²) in [6.45, 7) is 0.